The highest BCUT2D eigenvalue weighted by molar-refractivity contribution is 9.10. The molecule has 0 fully saturated rings. The number of benzene rings is 1. The van der Waals surface area contributed by atoms with E-state index < -0.39 is 6.04 Å². The molecule has 0 radical (unpaired) electrons. The first-order chi connectivity index (χ1) is 8.58. The van der Waals surface area contributed by atoms with Gasteiger partial charge in [-0.05, 0) is 41.1 Å². The zero-order valence-corrected chi connectivity index (χ0v) is 12.2. The summed E-state index contributed by atoms with van der Waals surface area (Å²) in [7, 11) is 0. The number of hydrogen-bond acceptors (Lipinski definition) is 3. The van der Waals surface area contributed by atoms with Crippen molar-refractivity contribution in [3.63, 3.8) is 0 Å². The molecule has 3 nitrogen and oxygen atoms in total. The van der Waals surface area contributed by atoms with Gasteiger partial charge in [-0.15, -0.1) is 11.3 Å². The topological polar surface area (TPSA) is 55.1 Å². The smallest absolute Gasteiger partial charge is 0.245 e. The van der Waals surface area contributed by atoms with Crippen LogP contribution in [0, 0.1) is 6.92 Å². The molecule has 2 rings (SSSR count). The lowest BCUT2D eigenvalue weighted by molar-refractivity contribution is -0.118. The first-order valence-corrected chi connectivity index (χ1v) is 7.05. The zero-order chi connectivity index (χ0) is 13.1. The quantitative estimate of drug-likeness (QED) is 0.904. The number of rotatable bonds is 4. The minimum atomic E-state index is -0.498. The van der Waals surface area contributed by atoms with Gasteiger partial charge < -0.3 is 11.1 Å². The van der Waals surface area contributed by atoms with Gasteiger partial charge in [0.05, 0.1) is 0 Å². The summed E-state index contributed by atoms with van der Waals surface area (Å²) in [6, 6.07) is 11.0. The van der Waals surface area contributed by atoms with E-state index in [1.54, 1.807) is 11.3 Å². The molecule has 3 N–H and O–H groups in total. The Morgan fingerprint density at radius 2 is 2.06 bits per heavy atom. The number of aryl methyl sites for hydroxylation is 1. The van der Waals surface area contributed by atoms with E-state index in [1.165, 1.54) is 0 Å². The van der Waals surface area contributed by atoms with Crippen LogP contribution in [-0.2, 0) is 4.79 Å². The van der Waals surface area contributed by atoms with Gasteiger partial charge >= 0.3 is 0 Å². The molecule has 0 aliphatic rings. The number of amides is 1. The van der Waals surface area contributed by atoms with E-state index in [2.05, 4.69) is 21.2 Å². The largest absolute Gasteiger partial charge is 0.369 e. The average molecular weight is 325 g/mol. The third-order valence-electron chi connectivity index (χ3n) is 2.53. The van der Waals surface area contributed by atoms with Crippen LogP contribution >= 0.6 is 27.3 Å². The van der Waals surface area contributed by atoms with E-state index in [0.29, 0.717) is 0 Å². The van der Waals surface area contributed by atoms with Crippen molar-refractivity contribution in [2.75, 3.05) is 5.32 Å². The van der Waals surface area contributed by atoms with Crippen molar-refractivity contribution in [1.29, 1.82) is 0 Å². The van der Waals surface area contributed by atoms with Crippen molar-refractivity contribution in [2.24, 2.45) is 5.73 Å². The molecule has 94 valence electrons. The van der Waals surface area contributed by atoms with Crippen molar-refractivity contribution in [3.05, 3.63) is 50.6 Å². The highest BCUT2D eigenvalue weighted by Crippen LogP contribution is 2.32. The maximum Gasteiger partial charge on any atom is 0.245 e. The number of carbonyl (C=O) groups is 1. The maximum atomic E-state index is 11.6. The number of anilines is 1. The predicted molar refractivity (Wildman–Crippen MR) is 78.8 cm³/mol. The molecule has 18 heavy (non-hydrogen) atoms. The molecule has 0 aliphatic heterocycles. The van der Waals surface area contributed by atoms with Gasteiger partial charge in [0.1, 0.15) is 6.04 Å². The summed E-state index contributed by atoms with van der Waals surface area (Å²) in [5.74, 6) is -0.382. The molecule has 2 aromatic rings. The van der Waals surface area contributed by atoms with Crippen LogP contribution in [0.1, 0.15) is 15.8 Å². The van der Waals surface area contributed by atoms with Gasteiger partial charge in [0.2, 0.25) is 5.91 Å². The minimum absolute atomic E-state index is 0.382. The van der Waals surface area contributed by atoms with Crippen LogP contribution in [-0.4, -0.2) is 5.91 Å². The Morgan fingerprint density at radius 1 is 1.39 bits per heavy atom. The molecule has 0 aliphatic carbocycles. The van der Waals surface area contributed by atoms with Gasteiger partial charge in [-0.1, -0.05) is 18.2 Å². The van der Waals surface area contributed by atoms with E-state index in [4.69, 9.17) is 5.73 Å². The summed E-state index contributed by atoms with van der Waals surface area (Å²) < 4.78 is 1.00. The summed E-state index contributed by atoms with van der Waals surface area (Å²) in [4.78, 5) is 13.6. The Balaban J connectivity index is 2.27. The third-order valence-corrected chi connectivity index (χ3v) is 4.73. The predicted octanol–water partition coefficient (Wildman–Crippen LogP) is 3.46. The molecule has 0 saturated heterocycles. The van der Waals surface area contributed by atoms with Crippen LogP contribution in [0.25, 0.3) is 0 Å². The van der Waals surface area contributed by atoms with Crippen molar-refractivity contribution < 1.29 is 4.79 Å². The van der Waals surface area contributed by atoms with E-state index >= 15 is 0 Å². The normalized spacial score (nSPS) is 12.1. The molecule has 0 spiro atoms. The van der Waals surface area contributed by atoms with Crippen LogP contribution in [0.5, 0.6) is 0 Å². The Morgan fingerprint density at radius 3 is 2.56 bits per heavy atom. The summed E-state index contributed by atoms with van der Waals surface area (Å²) >= 11 is 5.01. The van der Waals surface area contributed by atoms with Gasteiger partial charge in [-0.25, -0.2) is 0 Å². The highest BCUT2D eigenvalue weighted by atomic mass is 79.9. The number of carbonyl (C=O) groups excluding carboxylic acids is 1. The molecular formula is C13H13BrN2OS. The van der Waals surface area contributed by atoms with E-state index in [-0.39, 0.29) is 5.91 Å². The van der Waals surface area contributed by atoms with Crippen molar-refractivity contribution in [2.45, 2.75) is 13.0 Å². The van der Waals surface area contributed by atoms with Crippen LogP contribution < -0.4 is 11.1 Å². The summed E-state index contributed by atoms with van der Waals surface area (Å²) in [5, 5.41) is 3.15. The monoisotopic (exact) mass is 324 g/mol. The van der Waals surface area contributed by atoms with E-state index in [1.807, 2.05) is 43.3 Å². The second-order valence-corrected chi connectivity index (χ2v) is 6.04. The van der Waals surface area contributed by atoms with E-state index in [0.717, 1.165) is 19.9 Å². The van der Waals surface area contributed by atoms with Gasteiger partial charge in [-0.3, -0.25) is 4.79 Å². The lowest BCUT2D eigenvalue weighted by Crippen LogP contribution is -2.26. The molecule has 1 unspecified atom stereocenters. The average Bonchev–Trinajstić information content (AvgIpc) is 2.67. The number of para-hydroxylation sites is 1. The lowest BCUT2D eigenvalue weighted by Gasteiger charge is -2.15. The Kier molecular flexibility index (Phi) is 4.04. The number of nitrogens with two attached hydrogens (primary N) is 1. The molecule has 1 atom stereocenters. The molecule has 0 bridgehead atoms. The molecule has 1 aromatic heterocycles. The molecular weight excluding hydrogens is 312 g/mol. The van der Waals surface area contributed by atoms with Crippen molar-refractivity contribution >= 4 is 38.9 Å². The second kappa shape index (κ2) is 5.54. The fourth-order valence-corrected chi connectivity index (χ4v) is 3.23. The Labute approximate surface area is 118 Å². The van der Waals surface area contributed by atoms with E-state index in [9.17, 15) is 4.79 Å². The molecule has 1 aromatic carbocycles. The summed E-state index contributed by atoms with van der Waals surface area (Å²) in [5.41, 5.74) is 6.34. The molecule has 0 saturated carbocycles. The lowest BCUT2D eigenvalue weighted by atomic mass is 10.2. The number of halogens is 1. The van der Waals surface area contributed by atoms with Crippen molar-refractivity contribution in [1.82, 2.24) is 0 Å². The zero-order valence-electron chi connectivity index (χ0n) is 9.81. The standard InChI is InChI=1S/C13H13BrN2OS/c1-8-10(14)7-11(18-8)12(13(15)17)16-9-5-3-2-4-6-9/h2-7,12,16H,1H3,(H2,15,17). The van der Waals surface area contributed by atoms with Crippen LogP contribution in [0.2, 0.25) is 0 Å². The van der Waals surface area contributed by atoms with Crippen LogP contribution in [0.4, 0.5) is 5.69 Å². The molecule has 1 amide bonds. The third kappa shape index (κ3) is 2.91. The summed E-state index contributed by atoms with van der Waals surface area (Å²) in [6.07, 6.45) is 0. The number of nitrogens with one attached hydrogen (secondary N) is 1. The van der Waals surface area contributed by atoms with Gasteiger partial charge in [0.15, 0.2) is 0 Å². The van der Waals surface area contributed by atoms with Gasteiger partial charge in [0.25, 0.3) is 0 Å². The number of primary amides is 1. The fraction of sp³-hybridized carbons (Fsp3) is 0.154. The molecule has 1 heterocycles. The summed E-state index contributed by atoms with van der Waals surface area (Å²) in [6.45, 7) is 2.00. The number of thiophene rings is 1. The van der Waals surface area contributed by atoms with Gasteiger partial charge in [-0.2, -0.15) is 0 Å². The van der Waals surface area contributed by atoms with Gasteiger partial charge in [0, 0.05) is 19.9 Å². The van der Waals surface area contributed by atoms with Crippen LogP contribution in [0.15, 0.2) is 40.9 Å². The van der Waals surface area contributed by atoms with Crippen LogP contribution in [0.3, 0.4) is 0 Å². The fourth-order valence-electron chi connectivity index (χ4n) is 1.61. The Bertz CT molecular complexity index is 534. The first-order valence-electron chi connectivity index (χ1n) is 5.44. The Hall–Kier alpha value is -1.33. The first kappa shape index (κ1) is 13.1. The molecule has 5 heteroatoms. The number of hydrogen-bond donors (Lipinski definition) is 2. The maximum absolute atomic E-state index is 11.6. The minimum Gasteiger partial charge on any atom is -0.369 e. The highest BCUT2D eigenvalue weighted by Gasteiger charge is 2.20. The SMILES string of the molecule is Cc1sc(C(Nc2ccccc2)C(N)=O)cc1Br. The van der Waals surface area contributed by atoms with Crippen molar-refractivity contribution in [3.8, 4) is 0 Å². The second-order valence-electron chi connectivity index (χ2n) is 3.90.